The predicted molar refractivity (Wildman–Crippen MR) is 110 cm³/mol. The third-order valence-electron chi connectivity index (χ3n) is 6.00. The molecule has 0 aliphatic heterocycles. The summed E-state index contributed by atoms with van der Waals surface area (Å²) in [6.07, 6.45) is 2.56. The van der Waals surface area contributed by atoms with Gasteiger partial charge < -0.3 is 9.16 Å². The summed E-state index contributed by atoms with van der Waals surface area (Å²) in [5.41, 5.74) is 0.513. The third kappa shape index (κ3) is 4.96. The number of benzene rings is 1. The van der Waals surface area contributed by atoms with E-state index in [4.69, 9.17) is 9.16 Å². The van der Waals surface area contributed by atoms with Crippen LogP contribution < -0.4 is 0 Å². The normalized spacial score (nSPS) is 25.9. The van der Waals surface area contributed by atoms with Crippen LogP contribution in [0.5, 0.6) is 0 Å². The number of ether oxygens (including phenoxy) is 1. The number of hydrogen-bond donors (Lipinski definition) is 0. The van der Waals surface area contributed by atoms with Crippen LogP contribution >= 0.6 is 0 Å². The van der Waals surface area contributed by atoms with Gasteiger partial charge in [-0.15, -0.1) is 0 Å². The minimum absolute atomic E-state index is 0.0383. The molecule has 1 aromatic rings. The third-order valence-corrected chi connectivity index (χ3v) is 10.6. The Bertz CT molecular complexity index is 658. The van der Waals surface area contributed by atoms with Crippen LogP contribution in [-0.4, -0.2) is 32.3 Å². The number of rotatable bonds is 7. The fourth-order valence-electron chi connectivity index (χ4n) is 3.73. The summed E-state index contributed by atoms with van der Waals surface area (Å²) in [6, 6.07) is 12.0. The quantitative estimate of drug-likeness (QED) is 0.486. The number of hydrogen-bond acceptors (Lipinski definition) is 4. The molecule has 0 spiro atoms. The first-order valence-corrected chi connectivity index (χ1v) is 12.6. The van der Waals surface area contributed by atoms with Gasteiger partial charge in [0.05, 0.1) is 11.7 Å². The molecule has 27 heavy (non-hydrogen) atoms. The van der Waals surface area contributed by atoms with Crippen molar-refractivity contribution in [3.05, 3.63) is 48.0 Å². The zero-order valence-electron chi connectivity index (χ0n) is 17.1. The Balaban J connectivity index is 2.25. The van der Waals surface area contributed by atoms with E-state index in [0.29, 0.717) is 5.56 Å². The molecule has 0 saturated heterocycles. The van der Waals surface area contributed by atoms with Crippen LogP contribution in [0.25, 0.3) is 0 Å². The number of carbonyl (C=O) groups excluding carboxylic acids is 2. The first-order chi connectivity index (χ1) is 12.9. The van der Waals surface area contributed by atoms with Crippen LogP contribution in [0.4, 0.5) is 0 Å². The number of allylic oxidation sites excluding steroid dienone is 1. The molecule has 0 radical (unpaired) electrons. The van der Waals surface area contributed by atoms with Crippen LogP contribution in [0.15, 0.2) is 42.5 Å². The van der Waals surface area contributed by atoms with E-state index in [1.807, 2.05) is 32.0 Å². The summed E-state index contributed by atoms with van der Waals surface area (Å²) >= 11 is 0. The zero-order valence-corrected chi connectivity index (χ0v) is 18.1. The number of carbonyl (C=O) groups is 2. The molecular formula is C22H32O4Si. The number of esters is 1. The van der Waals surface area contributed by atoms with Crippen molar-refractivity contribution in [1.82, 2.24) is 0 Å². The standard InChI is InChI=1S/C22H32O4Si/c1-6-27(7-2,8-3)26-21-16(4)19(23)14-15-20(17(21)5)25-22(24)18-12-10-9-11-13-18/h9-17,20-21H,6-8H2,1-5H3/t16-,17+,20-,21-/m1/s1. The Morgan fingerprint density at radius 1 is 1.04 bits per heavy atom. The zero-order chi connectivity index (χ0) is 20.0. The Morgan fingerprint density at radius 2 is 1.63 bits per heavy atom. The second-order valence-electron chi connectivity index (χ2n) is 7.47. The molecule has 0 saturated carbocycles. The van der Waals surface area contributed by atoms with Crippen LogP contribution in [0.2, 0.25) is 18.1 Å². The fourth-order valence-corrected chi connectivity index (χ4v) is 6.73. The lowest BCUT2D eigenvalue weighted by molar-refractivity contribution is -0.121. The summed E-state index contributed by atoms with van der Waals surface area (Å²) in [7, 11) is -1.89. The molecule has 1 aliphatic rings. The fraction of sp³-hybridized carbons (Fsp3) is 0.545. The minimum Gasteiger partial charge on any atom is -0.454 e. The van der Waals surface area contributed by atoms with Gasteiger partial charge in [0.2, 0.25) is 0 Å². The molecule has 0 unspecified atom stereocenters. The summed E-state index contributed by atoms with van der Waals surface area (Å²) in [5, 5.41) is 0. The maximum absolute atomic E-state index is 12.5. The van der Waals surface area contributed by atoms with Gasteiger partial charge in [0.25, 0.3) is 0 Å². The Morgan fingerprint density at radius 3 is 2.19 bits per heavy atom. The second-order valence-corrected chi connectivity index (χ2v) is 12.2. The van der Waals surface area contributed by atoms with Crippen molar-refractivity contribution in [3.63, 3.8) is 0 Å². The van der Waals surface area contributed by atoms with E-state index >= 15 is 0 Å². The molecule has 0 aromatic heterocycles. The smallest absolute Gasteiger partial charge is 0.338 e. The lowest BCUT2D eigenvalue weighted by Gasteiger charge is -2.39. The molecule has 1 aromatic carbocycles. The molecular weight excluding hydrogens is 356 g/mol. The maximum atomic E-state index is 12.5. The van der Waals surface area contributed by atoms with Crippen molar-refractivity contribution < 1.29 is 18.8 Å². The van der Waals surface area contributed by atoms with Gasteiger partial charge in [-0.3, -0.25) is 4.79 Å². The second kappa shape index (κ2) is 9.47. The van der Waals surface area contributed by atoms with Gasteiger partial charge >= 0.3 is 5.97 Å². The van der Waals surface area contributed by atoms with E-state index in [9.17, 15) is 9.59 Å². The lowest BCUT2D eigenvalue weighted by atomic mass is 9.90. The van der Waals surface area contributed by atoms with Gasteiger partial charge in [0.1, 0.15) is 6.10 Å². The Labute approximate surface area is 164 Å². The Kier molecular flexibility index (Phi) is 7.56. The van der Waals surface area contributed by atoms with Gasteiger partial charge in [-0.2, -0.15) is 0 Å². The highest BCUT2D eigenvalue weighted by Gasteiger charge is 2.42. The number of ketones is 1. The van der Waals surface area contributed by atoms with Crippen LogP contribution in [-0.2, 0) is 14.0 Å². The first kappa shape index (κ1) is 21.6. The largest absolute Gasteiger partial charge is 0.454 e. The summed E-state index contributed by atoms with van der Waals surface area (Å²) in [6.45, 7) is 10.5. The molecule has 4 atom stereocenters. The average molecular weight is 389 g/mol. The highest BCUT2D eigenvalue weighted by atomic mass is 28.4. The minimum atomic E-state index is -1.89. The molecule has 0 amide bonds. The van der Waals surface area contributed by atoms with Crippen LogP contribution in [0.1, 0.15) is 45.0 Å². The van der Waals surface area contributed by atoms with Crippen molar-refractivity contribution in [2.24, 2.45) is 11.8 Å². The SMILES string of the molecule is CC[Si](CC)(CC)O[C@H]1[C@@H](C)[C@H](OC(=O)c2ccccc2)C=CC(=O)[C@H]1C. The highest BCUT2D eigenvalue weighted by molar-refractivity contribution is 6.73. The van der Waals surface area contributed by atoms with E-state index in [1.165, 1.54) is 0 Å². The summed E-state index contributed by atoms with van der Waals surface area (Å²) in [5.74, 6) is -0.667. The average Bonchev–Trinajstić information content (AvgIpc) is 2.80. The van der Waals surface area contributed by atoms with Crippen molar-refractivity contribution in [2.45, 2.75) is 65.0 Å². The molecule has 4 nitrogen and oxygen atoms in total. The maximum Gasteiger partial charge on any atom is 0.338 e. The van der Waals surface area contributed by atoms with Gasteiger partial charge in [-0.05, 0) is 42.4 Å². The lowest BCUT2D eigenvalue weighted by Crippen LogP contribution is -2.47. The van der Waals surface area contributed by atoms with E-state index in [2.05, 4.69) is 20.8 Å². The first-order valence-electron chi connectivity index (χ1n) is 10.0. The monoisotopic (exact) mass is 388 g/mol. The molecule has 0 N–H and O–H groups in total. The topological polar surface area (TPSA) is 52.6 Å². The molecule has 0 bridgehead atoms. The molecule has 2 rings (SSSR count). The van der Waals surface area contributed by atoms with Gasteiger partial charge in [0, 0.05) is 11.8 Å². The Hall–Kier alpha value is -1.72. The van der Waals surface area contributed by atoms with E-state index in [0.717, 1.165) is 18.1 Å². The van der Waals surface area contributed by atoms with Gasteiger partial charge in [-0.25, -0.2) is 4.79 Å². The van der Waals surface area contributed by atoms with Crippen molar-refractivity contribution in [3.8, 4) is 0 Å². The molecule has 0 fully saturated rings. The summed E-state index contributed by atoms with van der Waals surface area (Å²) in [4.78, 5) is 25.1. The molecule has 0 heterocycles. The van der Waals surface area contributed by atoms with Crippen molar-refractivity contribution in [1.29, 1.82) is 0 Å². The van der Waals surface area contributed by atoms with Gasteiger partial charge in [-0.1, -0.05) is 52.8 Å². The van der Waals surface area contributed by atoms with E-state index in [-0.39, 0.29) is 29.7 Å². The van der Waals surface area contributed by atoms with Gasteiger partial charge in [0.15, 0.2) is 14.1 Å². The van der Waals surface area contributed by atoms with E-state index in [1.54, 1.807) is 24.3 Å². The predicted octanol–water partition coefficient (Wildman–Crippen LogP) is 5.01. The van der Waals surface area contributed by atoms with E-state index < -0.39 is 14.4 Å². The molecule has 5 heteroatoms. The van der Waals surface area contributed by atoms with Crippen LogP contribution in [0.3, 0.4) is 0 Å². The van der Waals surface area contributed by atoms with Crippen molar-refractivity contribution >= 4 is 20.1 Å². The van der Waals surface area contributed by atoms with Crippen LogP contribution in [0, 0.1) is 11.8 Å². The molecule has 1 aliphatic carbocycles. The van der Waals surface area contributed by atoms with Crippen molar-refractivity contribution in [2.75, 3.05) is 0 Å². The molecule has 148 valence electrons. The summed E-state index contributed by atoms with van der Waals surface area (Å²) < 4.78 is 12.5. The highest BCUT2D eigenvalue weighted by Crippen LogP contribution is 2.33.